The molecule has 0 radical (unpaired) electrons. The molecule has 1 amide bonds. The first-order valence-corrected chi connectivity index (χ1v) is 26.9. The average molecular weight is 904 g/mol. The lowest BCUT2D eigenvalue weighted by Gasteiger charge is -2.15. The Morgan fingerprint density at radius 3 is 1.40 bits per heavy atom. The first-order chi connectivity index (χ1) is 30.8. The number of phosphoric ester groups is 1. The lowest BCUT2D eigenvalue weighted by atomic mass is 10.0. The number of hydrogen-bond donors (Lipinski definition) is 3. The highest BCUT2D eigenvalue weighted by Crippen LogP contribution is 2.42. The Balaban J connectivity index is 3.60. The fourth-order valence-corrected chi connectivity index (χ4v) is 7.57. The van der Waals surface area contributed by atoms with Gasteiger partial charge in [0.1, 0.15) is 12.7 Å². The van der Waals surface area contributed by atoms with Crippen molar-refractivity contribution < 1.29 is 37.9 Å². The monoisotopic (exact) mass is 904 g/mol. The summed E-state index contributed by atoms with van der Waals surface area (Å²) >= 11 is 0. The average Bonchev–Trinajstić information content (AvgIpc) is 3.27. The second-order valence-corrected chi connectivity index (χ2v) is 18.2. The molecule has 0 spiro atoms. The van der Waals surface area contributed by atoms with Gasteiger partial charge in [-0.1, -0.05) is 196 Å². The van der Waals surface area contributed by atoms with Gasteiger partial charge in [0.15, 0.2) is 0 Å². The SMILES string of the molecule is CC/C=C\C/C=C\C/C=C\C/C=C\C/C=C\CCCCCC(=O)OCC(O)COP(=O)(O)OCCNC(=O)CCCCCCCCCCCCCCC/C=C/CCCCCCCC. The molecule has 0 heterocycles. The fraction of sp³-hybridized carbons (Fsp3) is 0.736. The van der Waals surface area contributed by atoms with Crippen LogP contribution in [0.1, 0.15) is 219 Å². The van der Waals surface area contributed by atoms with Gasteiger partial charge in [-0.15, -0.1) is 0 Å². The third-order valence-corrected chi connectivity index (χ3v) is 11.6. The van der Waals surface area contributed by atoms with Gasteiger partial charge in [0, 0.05) is 19.4 Å². The molecule has 3 N–H and O–H groups in total. The van der Waals surface area contributed by atoms with Crippen LogP contribution in [-0.2, 0) is 27.9 Å². The summed E-state index contributed by atoms with van der Waals surface area (Å²) in [6.07, 6.45) is 61.3. The van der Waals surface area contributed by atoms with Crippen LogP contribution in [0, 0.1) is 0 Å². The maximum Gasteiger partial charge on any atom is 0.472 e. The summed E-state index contributed by atoms with van der Waals surface area (Å²) < 4.78 is 27.0. The number of amides is 1. The van der Waals surface area contributed by atoms with E-state index >= 15 is 0 Å². The van der Waals surface area contributed by atoms with E-state index in [1.54, 1.807) is 0 Å². The fourth-order valence-electron chi connectivity index (χ4n) is 6.81. The second-order valence-electron chi connectivity index (χ2n) is 16.8. The summed E-state index contributed by atoms with van der Waals surface area (Å²) in [6, 6.07) is 0. The summed E-state index contributed by atoms with van der Waals surface area (Å²) in [4.78, 5) is 34.1. The molecule has 0 aromatic rings. The van der Waals surface area contributed by atoms with Gasteiger partial charge in [-0.25, -0.2) is 4.57 Å². The normalized spacial score (nSPS) is 13.8. The van der Waals surface area contributed by atoms with E-state index in [-0.39, 0.29) is 32.1 Å². The third-order valence-electron chi connectivity index (χ3n) is 10.6. The van der Waals surface area contributed by atoms with Gasteiger partial charge in [-0.3, -0.25) is 18.6 Å². The Hall–Kier alpha value is -2.55. The maximum absolute atomic E-state index is 12.1. The molecule has 0 aliphatic heterocycles. The first kappa shape index (κ1) is 60.5. The van der Waals surface area contributed by atoms with Crippen molar-refractivity contribution in [3.05, 3.63) is 72.9 Å². The number of allylic oxidation sites excluding steroid dienone is 12. The minimum Gasteiger partial charge on any atom is -0.463 e. The number of nitrogens with one attached hydrogen (secondary N) is 1. The molecule has 364 valence electrons. The molecule has 2 unspecified atom stereocenters. The molecule has 10 heteroatoms. The summed E-state index contributed by atoms with van der Waals surface area (Å²) in [5.74, 6) is -0.549. The number of ether oxygens (including phenoxy) is 1. The van der Waals surface area contributed by atoms with Crippen molar-refractivity contribution in [2.24, 2.45) is 0 Å². The van der Waals surface area contributed by atoms with E-state index in [1.165, 1.54) is 116 Å². The lowest BCUT2D eigenvalue weighted by molar-refractivity contribution is -0.147. The van der Waals surface area contributed by atoms with Crippen LogP contribution in [0.4, 0.5) is 0 Å². The number of unbranched alkanes of at least 4 members (excludes halogenated alkanes) is 22. The Bertz CT molecular complexity index is 1260. The Morgan fingerprint density at radius 2 is 0.905 bits per heavy atom. The van der Waals surface area contributed by atoms with Gasteiger partial charge in [0.05, 0.1) is 13.2 Å². The highest BCUT2D eigenvalue weighted by molar-refractivity contribution is 7.47. The summed E-state index contributed by atoms with van der Waals surface area (Å²) in [7, 11) is -4.43. The molecule has 0 aliphatic carbocycles. The Morgan fingerprint density at radius 1 is 0.508 bits per heavy atom. The quantitative estimate of drug-likeness (QED) is 0.0238. The minimum atomic E-state index is -4.43. The number of hydrogen-bond acceptors (Lipinski definition) is 7. The zero-order chi connectivity index (χ0) is 46.0. The number of aliphatic hydroxyl groups is 1. The number of rotatable bonds is 47. The van der Waals surface area contributed by atoms with E-state index in [9.17, 15) is 24.2 Å². The molecule has 9 nitrogen and oxygen atoms in total. The van der Waals surface area contributed by atoms with Crippen LogP contribution in [0.2, 0.25) is 0 Å². The molecule has 0 aromatic heterocycles. The predicted octanol–water partition coefficient (Wildman–Crippen LogP) is 15.0. The molecular formula is C53H94NO8P. The van der Waals surface area contributed by atoms with Crippen molar-refractivity contribution in [3.8, 4) is 0 Å². The zero-order valence-corrected chi connectivity index (χ0v) is 41.1. The number of aliphatic hydroxyl groups excluding tert-OH is 1. The standard InChI is InChI=1S/C53H94NO8P/c1-3-5-7-9-11-13-15-17-19-21-23-24-25-26-28-29-31-33-35-37-39-41-43-45-52(56)54-47-48-61-63(58,59)62-50-51(55)49-60-53(57)46-44-42-40-38-36-34-32-30-27-22-20-18-16-14-12-10-8-6-4-2/h6,8,12,14,17-20,27,30,34,36,51,55H,3-5,7,9-11,13,15-16,21-26,28-29,31-33,35,37-50H2,1-2H3,(H,54,56)(H,58,59)/b8-6-,14-12-,19-17+,20-18-,30-27-,36-34-. The number of esters is 1. The lowest BCUT2D eigenvalue weighted by Crippen LogP contribution is -2.27. The van der Waals surface area contributed by atoms with Gasteiger partial charge in [0.25, 0.3) is 0 Å². The molecule has 2 atom stereocenters. The van der Waals surface area contributed by atoms with Gasteiger partial charge in [-0.2, -0.15) is 0 Å². The number of carbonyl (C=O) groups is 2. The molecule has 0 rings (SSSR count). The van der Waals surface area contributed by atoms with E-state index in [0.29, 0.717) is 12.8 Å². The first-order valence-electron chi connectivity index (χ1n) is 25.4. The number of carbonyl (C=O) groups excluding carboxylic acids is 2. The molecular weight excluding hydrogens is 810 g/mol. The Labute approximate surface area is 386 Å². The molecule has 0 saturated carbocycles. The van der Waals surface area contributed by atoms with Gasteiger partial charge in [-0.05, 0) is 83.5 Å². The predicted molar refractivity (Wildman–Crippen MR) is 266 cm³/mol. The third kappa shape index (κ3) is 50.3. The van der Waals surface area contributed by atoms with Crippen molar-refractivity contribution in [1.82, 2.24) is 5.32 Å². The van der Waals surface area contributed by atoms with Crippen LogP contribution in [0.25, 0.3) is 0 Å². The van der Waals surface area contributed by atoms with Crippen LogP contribution in [0.15, 0.2) is 72.9 Å². The summed E-state index contributed by atoms with van der Waals surface area (Å²) in [5, 5.41) is 12.7. The van der Waals surface area contributed by atoms with E-state index in [2.05, 4.69) is 92.1 Å². The van der Waals surface area contributed by atoms with Crippen LogP contribution in [0.3, 0.4) is 0 Å². The van der Waals surface area contributed by atoms with Crippen LogP contribution in [0.5, 0.6) is 0 Å². The number of phosphoric acid groups is 1. The van der Waals surface area contributed by atoms with Crippen molar-refractivity contribution in [2.45, 2.75) is 225 Å². The van der Waals surface area contributed by atoms with Crippen molar-refractivity contribution in [1.29, 1.82) is 0 Å². The van der Waals surface area contributed by atoms with Crippen molar-refractivity contribution >= 4 is 19.7 Å². The topological polar surface area (TPSA) is 131 Å². The van der Waals surface area contributed by atoms with E-state index in [4.69, 9.17) is 13.8 Å². The largest absolute Gasteiger partial charge is 0.472 e. The highest BCUT2D eigenvalue weighted by atomic mass is 31.2. The Kier molecular flexibility index (Phi) is 46.9. The van der Waals surface area contributed by atoms with Crippen LogP contribution in [-0.4, -0.2) is 54.3 Å². The van der Waals surface area contributed by atoms with Crippen molar-refractivity contribution in [3.63, 3.8) is 0 Å². The van der Waals surface area contributed by atoms with E-state index in [0.717, 1.165) is 70.6 Å². The minimum absolute atomic E-state index is 0.0753. The van der Waals surface area contributed by atoms with Crippen molar-refractivity contribution in [2.75, 3.05) is 26.4 Å². The molecule has 0 aliphatic rings. The zero-order valence-electron chi connectivity index (χ0n) is 40.3. The van der Waals surface area contributed by atoms with Gasteiger partial charge < -0.3 is 20.1 Å². The molecule has 0 bridgehead atoms. The molecule has 0 saturated heterocycles. The van der Waals surface area contributed by atoms with E-state index < -0.39 is 26.5 Å². The highest BCUT2D eigenvalue weighted by Gasteiger charge is 2.23. The molecule has 0 aromatic carbocycles. The van der Waals surface area contributed by atoms with Gasteiger partial charge >= 0.3 is 13.8 Å². The van der Waals surface area contributed by atoms with Gasteiger partial charge in [0.2, 0.25) is 5.91 Å². The molecule has 63 heavy (non-hydrogen) atoms. The molecule has 0 fully saturated rings. The van der Waals surface area contributed by atoms with Crippen LogP contribution < -0.4 is 5.32 Å². The summed E-state index contributed by atoms with van der Waals surface area (Å²) in [5.41, 5.74) is 0. The van der Waals surface area contributed by atoms with Crippen LogP contribution >= 0.6 is 7.82 Å². The smallest absolute Gasteiger partial charge is 0.463 e. The second kappa shape index (κ2) is 48.9. The summed E-state index contributed by atoms with van der Waals surface area (Å²) in [6.45, 7) is 3.41. The van der Waals surface area contributed by atoms with E-state index in [1.807, 2.05) is 0 Å². The maximum atomic E-state index is 12.1.